The molecule has 1 aromatic heterocycles. The van der Waals surface area contributed by atoms with Crippen LogP contribution in [0.4, 0.5) is 0 Å². The van der Waals surface area contributed by atoms with Gasteiger partial charge in [0, 0.05) is 38.4 Å². The molecule has 1 unspecified atom stereocenters. The molecule has 1 N–H and O–H groups in total. The maximum absolute atomic E-state index is 4.24. The number of aryl methyl sites for hydroxylation is 1. The van der Waals surface area contributed by atoms with Crippen LogP contribution in [0.5, 0.6) is 0 Å². The SMILES string of the molecule is CC(C)CNCC1CCCN(CCc2ccnn2C)C1. The van der Waals surface area contributed by atoms with Gasteiger partial charge in [-0.3, -0.25) is 4.68 Å². The first-order chi connectivity index (χ1) is 9.65. The average Bonchev–Trinajstić information content (AvgIpc) is 2.82. The zero-order valence-electron chi connectivity index (χ0n) is 13.3. The summed E-state index contributed by atoms with van der Waals surface area (Å²) < 4.78 is 1.99. The molecule has 0 aromatic carbocycles. The van der Waals surface area contributed by atoms with E-state index in [9.17, 15) is 0 Å². The van der Waals surface area contributed by atoms with Crippen LogP contribution in [0.25, 0.3) is 0 Å². The lowest BCUT2D eigenvalue weighted by atomic mass is 9.97. The van der Waals surface area contributed by atoms with Crippen molar-refractivity contribution in [1.82, 2.24) is 20.0 Å². The van der Waals surface area contributed by atoms with Gasteiger partial charge in [0.15, 0.2) is 0 Å². The summed E-state index contributed by atoms with van der Waals surface area (Å²) >= 11 is 0. The van der Waals surface area contributed by atoms with E-state index in [-0.39, 0.29) is 0 Å². The molecular formula is C16H30N4. The van der Waals surface area contributed by atoms with Crippen molar-refractivity contribution in [3.8, 4) is 0 Å². The van der Waals surface area contributed by atoms with Gasteiger partial charge in [0.2, 0.25) is 0 Å². The first-order valence-corrected chi connectivity index (χ1v) is 8.05. The van der Waals surface area contributed by atoms with Crippen molar-refractivity contribution < 1.29 is 0 Å². The Bertz CT molecular complexity index is 386. The van der Waals surface area contributed by atoms with E-state index in [0.29, 0.717) is 0 Å². The minimum absolute atomic E-state index is 0.750. The van der Waals surface area contributed by atoms with Gasteiger partial charge in [0.05, 0.1) is 0 Å². The summed E-state index contributed by atoms with van der Waals surface area (Å²) in [5, 5.41) is 7.85. The number of nitrogens with one attached hydrogen (secondary N) is 1. The van der Waals surface area contributed by atoms with Gasteiger partial charge in [0.25, 0.3) is 0 Å². The molecule has 1 saturated heterocycles. The molecule has 0 saturated carbocycles. The molecule has 1 aliphatic heterocycles. The molecular weight excluding hydrogens is 248 g/mol. The van der Waals surface area contributed by atoms with Crippen LogP contribution in [0, 0.1) is 11.8 Å². The molecule has 1 atom stereocenters. The summed E-state index contributed by atoms with van der Waals surface area (Å²) in [6.07, 6.45) is 5.74. The summed E-state index contributed by atoms with van der Waals surface area (Å²) in [4.78, 5) is 2.62. The number of nitrogens with zero attached hydrogens (tertiary/aromatic N) is 3. The van der Waals surface area contributed by atoms with Gasteiger partial charge < -0.3 is 10.2 Å². The fourth-order valence-corrected chi connectivity index (χ4v) is 3.02. The largest absolute Gasteiger partial charge is 0.316 e. The Morgan fingerprint density at radius 2 is 2.30 bits per heavy atom. The summed E-state index contributed by atoms with van der Waals surface area (Å²) in [5.41, 5.74) is 1.34. The van der Waals surface area contributed by atoms with Crippen LogP contribution in [0.3, 0.4) is 0 Å². The molecule has 4 nitrogen and oxygen atoms in total. The molecule has 1 aromatic rings. The van der Waals surface area contributed by atoms with Gasteiger partial charge in [-0.25, -0.2) is 0 Å². The lowest BCUT2D eigenvalue weighted by Crippen LogP contribution is -2.41. The fraction of sp³-hybridized carbons (Fsp3) is 0.812. The topological polar surface area (TPSA) is 33.1 Å². The maximum Gasteiger partial charge on any atom is 0.0492 e. The third-order valence-corrected chi connectivity index (χ3v) is 4.20. The minimum atomic E-state index is 0.750. The number of hydrogen-bond acceptors (Lipinski definition) is 3. The van der Waals surface area contributed by atoms with Crippen molar-refractivity contribution in [3.63, 3.8) is 0 Å². The van der Waals surface area contributed by atoms with Crippen LogP contribution < -0.4 is 5.32 Å². The molecule has 2 heterocycles. The summed E-state index contributed by atoms with van der Waals surface area (Å²) in [6, 6.07) is 2.13. The molecule has 0 aliphatic carbocycles. The van der Waals surface area contributed by atoms with E-state index in [1.165, 1.54) is 44.7 Å². The second-order valence-corrected chi connectivity index (χ2v) is 6.56. The maximum atomic E-state index is 4.24. The average molecular weight is 278 g/mol. The van der Waals surface area contributed by atoms with Crippen LogP contribution in [0.1, 0.15) is 32.4 Å². The monoisotopic (exact) mass is 278 g/mol. The molecule has 0 amide bonds. The number of rotatable bonds is 7. The Morgan fingerprint density at radius 1 is 1.45 bits per heavy atom. The Labute approximate surface area is 123 Å². The lowest BCUT2D eigenvalue weighted by Gasteiger charge is -2.33. The summed E-state index contributed by atoms with van der Waals surface area (Å²) in [5.74, 6) is 1.58. The van der Waals surface area contributed by atoms with E-state index in [4.69, 9.17) is 0 Å². The third-order valence-electron chi connectivity index (χ3n) is 4.20. The Kier molecular flexibility index (Phi) is 6.05. The van der Waals surface area contributed by atoms with Crippen LogP contribution in [-0.4, -0.2) is 47.4 Å². The van der Waals surface area contributed by atoms with Gasteiger partial charge in [-0.05, 0) is 50.4 Å². The molecule has 0 spiro atoms. The molecule has 0 radical (unpaired) electrons. The van der Waals surface area contributed by atoms with Gasteiger partial charge in [-0.1, -0.05) is 13.8 Å². The summed E-state index contributed by atoms with van der Waals surface area (Å²) in [6.45, 7) is 10.6. The van der Waals surface area contributed by atoms with Gasteiger partial charge >= 0.3 is 0 Å². The van der Waals surface area contributed by atoms with Crippen LogP contribution in [0.2, 0.25) is 0 Å². The molecule has 1 aliphatic rings. The fourth-order valence-electron chi connectivity index (χ4n) is 3.02. The minimum Gasteiger partial charge on any atom is -0.316 e. The highest BCUT2D eigenvalue weighted by atomic mass is 15.3. The smallest absolute Gasteiger partial charge is 0.0492 e. The molecule has 114 valence electrons. The molecule has 20 heavy (non-hydrogen) atoms. The molecule has 4 heteroatoms. The highest BCUT2D eigenvalue weighted by molar-refractivity contribution is 5.00. The normalized spacial score (nSPS) is 20.7. The number of piperidine rings is 1. The second-order valence-electron chi connectivity index (χ2n) is 6.56. The van der Waals surface area contributed by atoms with Gasteiger partial charge in [-0.15, -0.1) is 0 Å². The number of hydrogen-bond donors (Lipinski definition) is 1. The van der Waals surface area contributed by atoms with Crippen molar-refractivity contribution >= 4 is 0 Å². The van der Waals surface area contributed by atoms with Crippen molar-refractivity contribution in [1.29, 1.82) is 0 Å². The van der Waals surface area contributed by atoms with Crippen LogP contribution in [-0.2, 0) is 13.5 Å². The summed E-state index contributed by atoms with van der Waals surface area (Å²) in [7, 11) is 2.03. The van der Waals surface area contributed by atoms with Gasteiger partial charge in [-0.2, -0.15) is 5.10 Å². The predicted molar refractivity (Wildman–Crippen MR) is 83.8 cm³/mol. The van der Waals surface area contributed by atoms with E-state index in [2.05, 4.69) is 35.2 Å². The predicted octanol–water partition coefficient (Wildman–Crippen LogP) is 1.92. The molecule has 0 bridgehead atoms. The standard InChI is InChI=1S/C16H30N4/c1-14(2)11-17-12-15-5-4-9-20(13-15)10-7-16-6-8-18-19(16)3/h6,8,14-15,17H,4-5,7,9-13H2,1-3H3. The van der Waals surface area contributed by atoms with Crippen LogP contribution >= 0.6 is 0 Å². The third kappa shape index (κ3) is 4.91. The first kappa shape index (κ1) is 15.5. The van der Waals surface area contributed by atoms with Crippen molar-refractivity contribution in [2.45, 2.75) is 33.1 Å². The van der Waals surface area contributed by atoms with E-state index in [1.807, 2.05) is 17.9 Å². The van der Waals surface area contributed by atoms with E-state index < -0.39 is 0 Å². The Morgan fingerprint density at radius 3 is 3.00 bits per heavy atom. The van der Waals surface area contributed by atoms with Gasteiger partial charge in [0.1, 0.15) is 0 Å². The lowest BCUT2D eigenvalue weighted by molar-refractivity contribution is 0.172. The zero-order chi connectivity index (χ0) is 14.4. The van der Waals surface area contributed by atoms with E-state index >= 15 is 0 Å². The first-order valence-electron chi connectivity index (χ1n) is 8.05. The highest BCUT2D eigenvalue weighted by Crippen LogP contribution is 2.16. The highest BCUT2D eigenvalue weighted by Gasteiger charge is 2.19. The van der Waals surface area contributed by atoms with Crippen LogP contribution in [0.15, 0.2) is 12.3 Å². The van der Waals surface area contributed by atoms with Crippen molar-refractivity contribution in [2.75, 3.05) is 32.7 Å². The van der Waals surface area contributed by atoms with Crippen molar-refractivity contribution in [2.24, 2.45) is 18.9 Å². The molecule has 1 fully saturated rings. The van der Waals surface area contributed by atoms with E-state index in [0.717, 1.165) is 24.8 Å². The van der Waals surface area contributed by atoms with Crippen molar-refractivity contribution in [3.05, 3.63) is 18.0 Å². The second kappa shape index (κ2) is 7.79. The number of aromatic nitrogens is 2. The quantitative estimate of drug-likeness (QED) is 0.827. The zero-order valence-corrected chi connectivity index (χ0v) is 13.3. The van der Waals surface area contributed by atoms with E-state index in [1.54, 1.807) is 0 Å². The number of likely N-dealkylation sites (tertiary alicyclic amines) is 1. The Balaban J connectivity index is 1.69. The molecule has 2 rings (SSSR count). The Hall–Kier alpha value is -0.870.